The van der Waals surface area contributed by atoms with Crippen LogP contribution in [-0.4, -0.2) is 34.6 Å². The lowest BCUT2D eigenvalue weighted by molar-refractivity contribution is -0.123. The van der Waals surface area contributed by atoms with Crippen molar-refractivity contribution in [3.8, 4) is 5.75 Å². The van der Waals surface area contributed by atoms with E-state index in [9.17, 15) is 19.2 Å². The van der Waals surface area contributed by atoms with Gasteiger partial charge in [-0.2, -0.15) is 0 Å². The maximum absolute atomic E-state index is 14.0. The molecule has 1 aromatic heterocycles. The van der Waals surface area contributed by atoms with E-state index in [0.717, 1.165) is 37.6 Å². The summed E-state index contributed by atoms with van der Waals surface area (Å²) in [7, 11) is 0. The zero-order chi connectivity index (χ0) is 31.0. The van der Waals surface area contributed by atoms with Crippen molar-refractivity contribution in [1.82, 2.24) is 4.98 Å². The van der Waals surface area contributed by atoms with Gasteiger partial charge in [0.05, 0.1) is 22.5 Å². The predicted octanol–water partition coefficient (Wildman–Crippen LogP) is 6.20. The molecule has 228 valence electrons. The van der Waals surface area contributed by atoms with E-state index in [1.165, 1.54) is 16.2 Å². The SMILES string of the molecule is Cc1ccccc1NC(=O)COc1ccc(Br)cc1[C@H]1c2sc(=O)[nH]c2SC2C3CC(C4C(=O)N(c5ccccc5)C(=O)C34)C21. The van der Waals surface area contributed by atoms with Crippen LogP contribution in [0.5, 0.6) is 5.75 Å². The average molecular weight is 703 g/mol. The molecule has 2 aliphatic carbocycles. The highest BCUT2D eigenvalue weighted by molar-refractivity contribution is 9.10. The summed E-state index contributed by atoms with van der Waals surface area (Å²) in [5, 5.41) is 3.79. The molecular weight excluding hydrogens is 674 g/mol. The van der Waals surface area contributed by atoms with Crippen molar-refractivity contribution in [3.05, 3.63) is 103 Å². The van der Waals surface area contributed by atoms with Gasteiger partial charge in [0.1, 0.15) is 5.75 Å². The molecule has 4 aromatic rings. The molecule has 11 heteroatoms. The van der Waals surface area contributed by atoms with Crippen LogP contribution >= 0.6 is 39.0 Å². The second kappa shape index (κ2) is 11.0. The number of thioether (sulfide) groups is 1. The van der Waals surface area contributed by atoms with E-state index in [-0.39, 0.29) is 64.0 Å². The summed E-state index contributed by atoms with van der Waals surface area (Å²) in [6.07, 6.45) is 0.788. The number of H-pyrrole nitrogens is 1. The number of nitrogens with zero attached hydrogens (tertiary/aromatic N) is 1. The summed E-state index contributed by atoms with van der Waals surface area (Å²) >= 11 is 6.48. The number of carbonyl (C=O) groups excluding carboxylic acids is 3. The van der Waals surface area contributed by atoms with Gasteiger partial charge in [-0.05, 0) is 73.1 Å². The number of ether oxygens (including phenoxy) is 1. The van der Waals surface area contributed by atoms with Gasteiger partial charge in [-0.1, -0.05) is 63.7 Å². The summed E-state index contributed by atoms with van der Waals surface area (Å²) in [6.45, 7) is 1.74. The number of benzene rings is 3. The second-order valence-corrected chi connectivity index (χ2v) is 15.3. The number of hydrogen-bond donors (Lipinski definition) is 2. The molecule has 6 unspecified atom stereocenters. The molecule has 3 aromatic carbocycles. The number of halogens is 1. The highest BCUT2D eigenvalue weighted by atomic mass is 79.9. The zero-order valence-electron chi connectivity index (χ0n) is 24.1. The maximum atomic E-state index is 14.0. The quantitative estimate of drug-likeness (QED) is 0.232. The number of amides is 3. The van der Waals surface area contributed by atoms with Crippen LogP contribution in [0.15, 0.2) is 87.1 Å². The Balaban J connectivity index is 1.15. The average Bonchev–Trinajstić information content (AvgIpc) is 3.77. The van der Waals surface area contributed by atoms with E-state index < -0.39 is 5.92 Å². The predicted molar refractivity (Wildman–Crippen MR) is 177 cm³/mol. The summed E-state index contributed by atoms with van der Waals surface area (Å²) in [6, 6.07) is 22.5. The van der Waals surface area contributed by atoms with Crippen molar-refractivity contribution in [3.63, 3.8) is 0 Å². The van der Waals surface area contributed by atoms with Gasteiger partial charge in [0.25, 0.3) is 5.91 Å². The Hall–Kier alpha value is -3.67. The molecule has 1 saturated heterocycles. The fourth-order valence-corrected chi connectivity index (χ4v) is 11.4. The van der Waals surface area contributed by atoms with Gasteiger partial charge in [-0.25, -0.2) is 0 Å². The number of aromatic amines is 1. The van der Waals surface area contributed by atoms with Crippen LogP contribution in [0.3, 0.4) is 0 Å². The van der Waals surface area contributed by atoms with Crippen LogP contribution in [0.25, 0.3) is 0 Å². The molecule has 7 atom stereocenters. The highest BCUT2D eigenvalue weighted by Gasteiger charge is 2.69. The fraction of sp³-hybridized carbons (Fsp3) is 0.294. The van der Waals surface area contributed by atoms with Crippen LogP contribution in [0.2, 0.25) is 0 Å². The normalized spacial score (nSPS) is 27.7. The number of thiazole rings is 1. The molecule has 2 saturated carbocycles. The maximum Gasteiger partial charge on any atom is 0.305 e. The summed E-state index contributed by atoms with van der Waals surface area (Å²) < 4.78 is 7.06. The Bertz CT molecular complexity index is 1930. The molecule has 8 nitrogen and oxygen atoms in total. The Morgan fingerprint density at radius 1 is 1.00 bits per heavy atom. The molecule has 8 rings (SSSR count). The number of rotatable bonds is 6. The molecule has 0 radical (unpaired) electrons. The molecule has 3 fully saturated rings. The summed E-state index contributed by atoms with van der Waals surface area (Å²) in [5.74, 6) is -0.997. The number of aryl methyl sites for hydroxylation is 1. The minimum absolute atomic E-state index is 0.00474. The molecule has 2 bridgehead atoms. The van der Waals surface area contributed by atoms with Crippen molar-refractivity contribution in [2.45, 2.75) is 29.5 Å². The molecule has 2 N–H and O–H groups in total. The van der Waals surface area contributed by atoms with E-state index in [1.54, 1.807) is 11.8 Å². The second-order valence-electron chi connectivity index (χ2n) is 12.1. The van der Waals surface area contributed by atoms with Gasteiger partial charge in [-0.3, -0.25) is 24.1 Å². The topological polar surface area (TPSA) is 109 Å². The molecule has 2 aliphatic heterocycles. The minimum Gasteiger partial charge on any atom is -0.483 e. The number of nitrogens with one attached hydrogen (secondary N) is 2. The molecular formula is C34H28BrN3O5S2. The highest BCUT2D eigenvalue weighted by Crippen LogP contribution is 2.69. The third-order valence-corrected chi connectivity index (χ3v) is 12.9. The monoisotopic (exact) mass is 701 g/mol. The van der Waals surface area contributed by atoms with Crippen LogP contribution in [0.1, 0.15) is 28.3 Å². The Morgan fingerprint density at radius 3 is 2.51 bits per heavy atom. The number of imide groups is 1. The minimum atomic E-state index is -0.402. The fourth-order valence-electron chi connectivity index (χ4n) is 8.13. The first kappa shape index (κ1) is 28.8. The van der Waals surface area contributed by atoms with Gasteiger partial charge < -0.3 is 15.0 Å². The van der Waals surface area contributed by atoms with Crippen LogP contribution < -0.4 is 19.8 Å². The lowest BCUT2D eigenvalue weighted by Crippen LogP contribution is -2.42. The van der Waals surface area contributed by atoms with Crippen molar-refractivity contribution in [2.24, 2.45) is 29.6 Å². The van der Waals surface area contributed by atoms with Crippen LogP contribution in [0.4, 0.5) is 11.4 Å². The van der Waals surface area contributed by atoms with Gasteiger partial charge in [-0.15, -0.1) is 11.8 Å². The first-order valence-electron chi connectivity index (χ1n) is 14.9. The van der Waals surface area contributed by atoms with Gasteiger partial charge in [0.15, 0.2) is 6.61 Å². The smallest absolute Gasteiger partial charge is 0.305 e. The molecule has 45 heavy (non-hydrogen) atoms. The Kier molecular flexibility index (Phi) is 7.03. The van der Waals surface area contributed by atoms with E-state index in [4.69, 9.17) is 4.74 Å². The number of carbonyl (C=O) groups is 3. The zero-order valence-corrected chi connectivity index (χ0v) is 27.3. The first-order chi connectivity index (χ1) is 21.8. The van der Waals surface area contributed by atoms with Gasteiger partial charge in [0.2, 0.25) is 11.8 Å². The van der Waals surface area contributed by atoms with Crippen molar-refractivity contribution in [1.29, 1.82) is 0 Å². The third-order valence-electron chi connectivity index (χ3n) is 9.82. The molecule has 3 heterocycles. The Labute approximate surface area is 275 Å². The van der Waals surface area contributed by atoms with E-state index in [1.807, 2.05) is 79.7 Å². The molecule has 3 amide bonds. The number of fused-ring (bicyclic) bond motifs is 9. The van der Waals surface area contributed by atoms with Gasteiger partial charge >= 0.3 is 4.87 Å². The van der Waals surface area contributed by atoms with E-state index >= 15 is 0 Å². The Morgan fingerprint density at radius 2 is 1.73 bits per heavy atom. The van der Waals surface area contributed by atoms with Crippen molar-refractivity contribution >= 4 is 68.1 Å². The van der Waals surface area contributed by atoms with Crippen molar-refractivity contribution in [2.75, 3.05) is 16.8 Å². The molecule has 0 spiro atoms. The molecule has 4 aliphatic rings. The third kappa shape index (κ3) is 4.61. The van der Waals surface area contributed by atoms with Crippen LogP contribution in [0, 0.1) is 36.5 Å². The van der Waals surface area contributed by atoms with E-state index in [0.29, 0.717) is 11.4 Å². The van der Waals surface area contributed by atoms with Gasteiger partial charge in [0, 0.05) is 31.8 Å². The summed E-state index contributed by atoms with van der Waals surface area (Å²) in [5.41, 5.74) is 3.16. The number of hydrogen-bond acceptors (Lipinski definition) is 7. The number of para-hydroxylation sites is 2. The number of anilines is 2. The van der Waals surface area contributed by atoms with Crippen molar-refractivity contribution < 1.29 is 19.1 Å². The lowest BCUT2D eigenvalue weighted by atomic mass is 9.68. The van der Waals surface area contributed by atoms with E-state index in [2.05, 4.69) is 26.2 Å². The number of aromatic nitrogens is 1. The van der Waals surface area contributed by atoms with Crippen LogP contribution in [-0.2, 0) is 14.4 Å². The summed E-state index contributed by atoms with van der Waals surface area (Å²) in [4.78, 5) is 58.7. The first-order valence-corrected chi connectivity index (χ1v) is 17.4. The lowest BCUT2D eigenvalue weighted by Gasteiger charge is -2.43. The standard InChI is InChI=1S/C34H28BrN3O5S2/c1-16-7-5-6-10-22(16)36-24(39)15-43-23-12-11-17(35)13-19(23)25-26-20-14-21(29(26)44-31-30(25)45-34(42)37-31)28-27(20)32(40)38(33(28)41)18-8-3-2-4-9-18/h2-13,20-21,25-29H,14-15H2,1H3,(H,36,39)(H,37,42)/t20?,21?,25-,26?,27?,28?,29?/m1/s1. The largest absolute Gasteiger partial charge is 0.483 e.